The van der Waals surface area contributed by atoms with E-state index in [1.54, 1.807) is 5.32 Å². The van der Waals surface area contributed by atoms with E-state index in [0.29, 0.717) is 12.3 Å². The Kier molecular flexibility index (Phi) is 5.51. The number of anilines is 1. The number of carbonyl (C=O) groups excluding carboxylic acids is 1. The van der Waals surface area contributed by atoms with E-state index >= 15 is 0 Å². The van der Waals surface area contributed by atoms with Crippen LogP contribution in [0.5, 0.6) is 0 Å². The van der Waals surface area contributed by atoms with E-state index in [1.807, 2.05) is 0 Å². The second kappa shape index (κ2) is 6.80. The van der Waals surface area contributed by atoms with Crippen molar-refractivity contribution in [3.63, 3.8) is 0 Å². The fraction of sp³-hybridized carbons (Fsp3) is 0.308. The number of halogens is 6. The highest BCUT2D eigenvalue weighted by molar-refractivity contribution is 5.91. The summed E-state index contributed by atoms with van der Waals surface area (Å²) in [5.74, 6) is 0. The van der Waals surface area contributed by atoms with Crippen LogP contribution in [-0.4, -0.2) is 31.2 Å². The number of allylic oxidation sites excluding steroid dienone is 1. The zero-order chi connectivity index (χ0) is 17.8. The molecule has 0 atom stereocenters. The molecule has 2 amide bonds. The highest BCUT2D eigenvalue weighted by Crippen LogP contribution is 2.34. The van der Waals surface area contributed by atoms with Gasteiger partial charge in [0, 0.05) is 20.3 Å². The normalized spacial score (nSPS) is 12.8. The molecule has 4 nitrogen and oxygen atoms in total. The molecule has 0 aliphatic carbocycles. The van der Waals surface area contributed by atoms with Crippen LogP contribution in [0.1, 0.15) is 5.56 Å². The van der Waals surface area contributed by atoms with Gasteiger partial charge >= 0.3 is 18.4 Å². The van der Waals surface area contributed by atoms with Crippen molar-refractivity contribution in [2.24, 2.45) is 0 Å². The zero-order valence-electron chi connectivity index (χ0n) is 12.0. The van der Waals surface area contributed by atoms with Gasteiger partial charge in [0.1, 0.15) is 5.70 Å². The van der Waals surface area contributed by atoms with E-state index < -0.39 is 35.3 Å². The van der Waals surface area contributed by atoms with Gasteiger partial charge in [-0.1, -0.05) is 12.1 Å². The second-order valence-electron chi connectivity index (χ2n) is 4.63. The molecular weight excluding hydrogens is 328 g/mol. The Bertz CT molecular complexity index is 592. The van der Waals surface area contributed by atoms with Gasteiger partial charge in [-0.3, -0.25) is 0 Å². The molecule has 0 aromatic heterocycles. The van der Waals surface area contributed by atoms with Crippen LogP contribution in [0.4, 0.5) is 36.8 Å². The Balaban J connectivity index is 2.97. The molecule has 0 heterocycles. The smallest absolute Gasteiger partial charge is 0.382 e. The molecule has 0 saturated carbocycles. The summed E-state index contributed by atoms with van der Waals surface area (Å²) < 4.78 is 76.5. The topological polar surface area (TPSA) is 44.4 Å². The first kappa shape index (κ1) is 18.7. The fourth-order valence-corrected chi connectivity index (χ4v) is 1.55. The van der Waals surface area contributed by atoms with Crippen molar-refractivity contribution < 1.29 is 31.1 Å². The molecule has 128 valence electrons. The molecule has 1 aromatic rings. The van der Waals surface area contributed by atoms with Crippen LogP contribution in [-0.2, 0) is 6.18 Å². The number of nitrogens with zero attached hydrogens (tertiary/aromatic N) is 1. The molecular formula is C13H13F6N3O. The summed E-state index contributed by atoms with van der Waals surface area (Å²) in [7, 11) is 2.59. The minimum atomic E-state index is -4.87. The average Bonchev–Trinajstić information content (AvgIpc) is 2.35. The molecule has 10 heteroatoms. The summed E-state index contributed by atoms with van der Waals surface area (Å²) in [6.07, 6.45) is -9.03. The molecule has 0 bridgehead atoms. The standard InChI is InChI=1S/C13H13F6N3O/c1-22(2)7-10(13(17,18)19)21-11(23)20-9-6-4-3-5-8(9)12(14,15)16/h3-7H,1-2H3,(H2,20,21,23). The van der Waals surface area contributed by atoms with Crippen molar-refractivity contribution in [1.82, 2.24) is 10.2 Å². The van der Waals surface area contributed by atoms with Crippen LogP contribution >= 0.6 is 0 Å². The third-order valence-corrected chi connectivity index (χ3v) is 2.42. The number of carbonyl (C=O) groups is 1. The maximum atomic E-state index is 12.8. The first-order valence-corrected chi connectivity index (χ1v) is 6.11. The summed E-state index contributed by atoms with van der Waals surface area (Å²) in [5, 5.41) is 3.26. The van der Waals surface area contributed by atoms with Crippen LogP contribution in [0.2, 0.25) is 0 Å². The first-order valence-electron chi connectivity index (χ1n) is 6.11. The quantitative estimate of drug-likeness (QED) is 0.822. The lowest BCUT2D eigenvalue weighted by molar-refractivity contribution is -0.136. The number of hydrogen-bond acceptors (Lipinski definition) is 2. The van der Waals surface area contributed by atoms with E-state index in [0.717, 1.165) is 17.0 Å². The predicted molar refractivity (Wildman–Crippen MR) is 71.4 cm³/mol. The predicted octanol–water partition coefficient (Wildman–Crippen LogP) is 3.79. The largest absolute Gasteiger partial charge is 0.432 e. The van der Waals surface area contributed by atoms with Crippen LogP contribution in [0.25, 0.3) is 0 Å². The van der Waals surface area contributed by atoms with E-state index in [-0.39, 0.29) is 0 Å². The van der Waals surface area contributed by atoms with Gasteiger partial charge in [-0.15, -0.1) is 0 Å². The van der Waals surface area contributed by atoms with Crippen LogP contribution < -0.4 is 10.6 Å². The maximum Gasteiger partial charge on any atom is 0.432 e. The minimum Gasteiger partial charge on any atom is -0.382 e. The van der Waals surface area contributed by atoms with Gasteiger partial charge in [-0.25, -0.2) is 4.79 Å². The number of benzene rings is 1. The molecule has 0 spiro atoms. The van der Waals surface area contributed by atoms with E-state index in [4.69, 9.17) is 0 Å². The number of alkyl halides is 6. The molecule has 2 N–H and O–H groups in total. The number of rotatable bonds is 3. The molecule has 0 fully saturated rings. The van der Waals surface area contributed by atoms with Crippen molar-refractivity contribution in [2.45, 2.75) is 12.4 Å². The lowest BCUT2D eigenvalue weighted by atomic mass is 10.1. The molecule has 0 radical (unpaired) electrons. The van der Waals surface area contributed by atoms with Gasteiger partial charge in [-0.2, -0.15) is 26.3 Å². The van der Waals surface area contributed by atoms with Gasteiger partial charge in [0.05, 0.1) is 11.3 Å². The first-order chi connectivity index (χ1) is 10.4. The lowest BCUT2D eigenvalue weighted by Gasteiger charge is -2.18. The highest BCUT2D eigenvalue weighted by Gasteiger charge is 2.36. The van der Waals surface area contributed by atoms with E-state index in [9.17, 15) is 31.1 Å². The second-order valence-corrected chi connectivity index (χ2v) is 4.63. The molecule has 1 aromatic carbocycles. The summed E-state index contributed by atoms with van der Waals surface area (Å²) in [4.78, 5) is 12.6. The van der Waals surface area contributed by atoms with Crippen LogP contribution in [0.3, 0.4) is 0 Å². The number of nitrogens with one attached hydrogen (secondary N) is 2. The minimum absolute atomic E-state index is 0.593. The molecule has 23 heavy (non-hydrogen) atoms. The number of urea groups is 1. The third kappa shape index (κ3) is 5.72. The maximum absolute atomic E-state index is 12.8. The zero-order valence-corrected chi connectivity index (χ0v) is 12.0. The van der Waals surface area contributed by atoms with Crippen LogP contribution in [0.15, 0.2) is 36.2 Å². The van der Waals surface area contributed by atoms with Crippen LogP contribution in [0, 0.1) is 0 Å². The molecule has 0 unspecified atom stereocenters. The Labute approximate surface area is 127 Å². The van der Waals surface area contributed by atoms with Crippen molar-refractivity contribution in [1.29, 1.82) is 0 Å². The number of amides is 2. The van der Waals surface area contributed by atoms with Gasteiger partial charge in [0.25, 0.3) is 0 Å². The van der Waals surface area contributed by atoms with E-state index in [2.05, 4.69) is 0 Å². The van der Waals surface area contributed by atoms with Crippen molar-refractivity contribution in [3.05, 3.63) is 41.7 Å². The monoisotopic (exact) mass is 341 g/mol. The average molecular weight is 341 g/mol. The Morgan fingerprint density at radius 3 is 2.13 bits per heavy atom. The van der Waals surface area contributed by atoms with Crippen molar-refractivity contribution in [3.8, 4) is 0 Å². The van der Waals surface area contributed by atoms with Gasteiger partial charge < -0.3 is 15.5 Å². The Hall–Kier alpha value is -2.39. The molecule has 0 aliphatic rings. The molecule has 1 rings (SSSR count). The Morgan fingerprint density at radius 2 is 1.65 bits per heavy atom. The Morgan fingerprint density at radius 1 is 1.09 bits per heavy atom. The number of para-hydroxylation sites is 1. The molecule has 0 saturated heterocycles. The number of hydrogen-bond donors (Lipinski definition) is 2. The SMILES string of the molecule is CN(C)C=C(NC(=O)Nc1ccccc1C(F)(F)F)C(F)(F)F. The van der Waals surface area contributed by atoms with Crippen molar-refractivity contribution in [2.75, 3.05) is 19.4 Å². The lowest BCUT2D eigenvalue weighted by Crippen LogP contribution is -2.36. The summed E-state index contributed by atoms with van der Waals surface area (Å²) in [6.45, 7) is 0. The van der Waals surface area contributed by atoms with Crippen molar-refractivity contribution >= 4 is 11.7 Å². The summed E-state index contributed by atoms with van der Waals surface area (Å²) in [6, 6.07) is 2.51. The third-order valence-electron chi connectivity index (χ3n) is 2.42. The highest BCUT2D eigenvalue weighted by atomic mass is 19.4. The van der Waals surface area contributed by atoms with Gasteiger partial charge in [0.15, 0.2) is 0 Å². The van der Waals surface area contributed by atoms with Gasteiger partial charge in [-0.05, 0) is 12.1 Å². The van der Waals surface area contributed by atoms with E-state index in [1.165, 1.54) is 25.5 Å². The fourth-order valence-electron chi connectivity index (χ4n) is 1.55. The summed E-state index contributed by atoms with van der Waals surface area (Å²) >= 11 is 0. The van der Waals surface area contributed by atoms with Gasteiger partial charge in [0.2, 0.25) is 0 Å². The summed E-state index contributed by atoms with van der Waals surface area (Å²) in [5.41, 5.74) is -3.23. The molecule has 0 aliphatic heterocycles.